The molecule has 0 atom stereocenters. The van der Waals surface area contributed by atoms with Crippen molar-refractivity contribution < 1.29 is 17.5 Å². The molecule has 4 rings (SSSR count). The Morgan fingerprint density at radius 1 is 1.12 bits per heavy atom. The van der Waals surface area contributed by atoms with Crippen LogP contribution in [0.4, 0.5) is 4.39 Å². The molecule has 0 radical (unpaired) electrons. The summed E-state index contributed by atoms with van der Waals surface area (Å²) >= 11 is 0. The van der Waals surface area contributed by atoms with Crippen molar-refractivity contribution in [3.63, 3.8) is 0 Å². The number of nitrogens with one attached hydrogen (secondary N) is 1. The molecule has 0 aliphatic heterocycles. The highest BCUT2D eigenvalue weighted by Gasteiger charge is 2.47. The second-order valence-electron chi connectivity index (χ2n) is 9.14. The fourth-order valence-corrected chi connectivity index (χ4v) is 6.08. The van der Waals surface area contributed by atoms with Crippen LogP contribution >= 0.6 is 0 Å². The molecular weight excluding hydrogens is 435 g/mol. The first-order chi connectivity index (χ1) is 15.3. The molecule has 2 aromatic rings. The fourth-order valence-electron chi connectivity index (χ4n) is 4.00. The number of ether oxygens (including phenoxy) is 1. The normalized spacial score (nSPS) is 17.3. The Labute approximate surface area is 186 Å². The average Bonchev–Trinajstić information content (AvgIpc) is 3.65. The van der Waals surface area contributed by atoms with Gasteiger partial charge in [0.15, 0.2) is 21.4 Å². The molecule has 0 unspecified atom stereocenters. The Hall–Kier alpha value is -2.42. The average molecular weight is 465 g/mol. The maximum absolute atomic E-state index is 14.1. The van der Waals surface area contributed by atoms with Crippen LogP contribution in [0, 0.1) is 11.7 Å². The van der Waals surface area contributed by atoms with Crippen molar-refractivity contribution in [2.75, 3.05) is 18.1 Å². The number of nitrogens with zero attached hydrogens (tertiary/aromatic N) is 1. The molecule has 1 aromatic carbocycles. The van der Waals surface area contributed by atoms with Crippen LogP contribution in [-0.2, 0) is 21.8 Å². The zero-order valence-electron chi connectivity index (χ0n) is 18.0. The Morgan fingerprint density at radius 3 is 2.59 bits per heavy atom. The van der Waals surface area contributed by atoms with Crippen LogP contribution in [0.2, 0.25) is 0 Å². The minimum absolute atomic E-state index is 0.0626. The number of sulfone groups is 1. The van der Waals surface area contributed by atoms with Crippen molar-refractivity contribution in [1.82, 2.24) is 9.55 Å². The number of halogens is 1. The van der Waals surface area contributed by atoms with E-state index in [0.717, 1.165) is 31.2 Å². The third-order valence-corrected chi connectivity index (χ3v) is 8.22. The lowest BCUT2D eigenvalue weighted by atomic mass is 9.98. The SMILES string of the molecule is O=c1ccn(CCCCCS(=O)(=O)CC2(c3ccc(F)c(OCC4CC4)c3)CC2)c(=O)[nH]1. The van der Waals surface area contributed by atoms with Crippen LogP contribution in [0.5, 0.6) is 5.75 Å². The molecule has 0 spiro atoms. The molecule has 2 aliphatic carbocycles. The topological polar surface area (TPSA) is 98.2 Å². The van der Waals surface area contributed by atoms with Gasteiger partial charge in [-0.1, -0.05) is 12.5 Å². The molecule has 0 saturated heterocycles. The standard InChI is InChI=1S/C23H29FN2O5S/c24-19-7-6-18(14-20(19)31-15-17-4-5-17)23(9-10-23)16-32(29,30)13-3-1-2-11-26-12-8-21(27)25-22(26)28/h6-8,12,14,17H,1-5,9-11,13,15-16H2,(H,25,27,28). The molecule has 2 fully saturated rings. The first-order valence-corrected chi connectivity index (χ1v) is 13.0. The molecule has 174 valence electrons. The molecule has 0 amide bonds. The third kappa shape index (κ3) is 5.88. The van der Waals surface area contributed by atoms with E-state index in [1.54, 1.807) is 12.1 Å². The Kier molecular flexibility index (Phi) is 6.55. The van der Waals surface area contributed by atoms with Gasteiger partial charge in [0.1, 0.15) is 0 Å². The number of hydrogen-bond acceptors (Lipinski definition) is 5. The van der Waals surface area contributed by atoms with Gasteiger partial charge in [0.25, 0.3) is 5.56 Å². The Morgan fingerprint density at radius 2 is 1.91 bits per heavy atom. The fraction of sp³-hybridized carbons (Fsp3) is 0.565. The van der Waals surface area contributed by atoms with Crippen LogP contribution in [0.1, 0.15) is 50.5 Å². The summed E-state index contributed by atoms with van der Waals surface area (Å²) in [4.78, 5) is 24.9. The van der Waals surface area contributed by atoms with Gasteiger partial charge in [-0.3, -0.25) is 9.78 Å². The summed E-state index contributed by atoms with van der Waals surface area (Å²) in [6.07, 6.45) is 7.04. The van der Waals surface area contributed by atoms with Crippen LogP contribution in [0.25, 0.3) is 0 Å². The highest BCUT2D eigenvalue weighted by atomic mass is 32.2. The van der Waals surface area contributed by atoms with Crippen molar-refractivity contribution in [3.8, 4) is 5.75 Å². The number of benzene rings is 1. The van der Waals surface area contributed by atoms with Gasteiger partial charge in [0, 0.05) is 24.2 Å². The number of aromatic nitrogens is 2. The molecule has 9 heteroatoms. The van der Waals surface area contributed by atoms with Crippen LogP contribution in [-0.4, -0.2) is 36.1 Å². The zero-order chi connectivity index (χ0) is 22.8. The van der Waals surface area contributed by atoms with Gasteiger partial charge in [-0.05, 0) is 62.1 Å². The molecule has 1 heterocycles. The zero-order valence-corrected chi connectivity index (χ0v) is 18.8. The molecule has 0 bridgehead atoms. The summed E-state index contributed by atoms with van der Waals surface area (Å²) in [6.45, 7) is 0.940. The Bertz CT molecular complexity index is 1180. The predicted molar refractivity (Wildman–Crippen MR) is 119 cm³/mol. The second kappa shape index (κ2) is 9.21. The van der Waals surface area contributed by atoms with E-state index in [9.17, 15) is 22.4 Å². The minimum atomic E-state index is -3.27. The maximum Gasteiger partial charge on any atom is 0.328 e. The number of unbranched alkanes of at least 4 members (excludes halogenated alkanes) is 2. The highest BCUT2D eigenvalue weighted by molar-refractivity contribution is 7.91. The van der Waals surface area contributed by atoms with Gasteiger partial charge in [-0.2, -0.15) is 0 Å². The summed E-state index contributed by atoms with van der Waals surface area (Å²) in [5, 5.41) is 0. The van der Waals surface area contributed by atoms with E-state index in [0.29, 0.717) is 38.3 Å². The van der Waals surface area contributed by atoms with Crippen molar-refractivity contribution >= 4 is 9.84 Å². The number of rotatable bonds is 12. The summed E-state index contributed by atoms with van der Waals surface area (Å²) in [5.74, 6) is 0.468. The van der Waals surface area contributed by atoms with Crippen molar-refractivity contribution in [3.05, 3.63) is 62.7 Å². The quantitative estimate of drug-likeness (QED) is 0.487. The lowest BCUT2D eigenvalue weighted by molar-refractivity contribution is 0.285. The summed E-state index contributed by atoms with van der Waals surface area (Å²) in [5.41, 5.74) is -0.492. The van der Waals surface area contributed by atoms with E-state index in [2.05, 4.69) is 4.98 Å². The summed E-state index contributed by atoms with van der Waals surface area (Å²) in [6, 6.07) is 6.04. The first-order valence-electron chi connectivity index (χ1n) is 11.2. The molecule has 2 aliphatic rings. The van der Waals surface area contributed by atoms with Crippen molar-refractivity contribution in [2.45, 2.75) is 56.9 Å². The molecule has 1 aromatic heterocycles. The van der Waals surface area contributed by atoms with Crippen molar-refractivity contribution in [2.24, 2.45) is 5.92 Å². The lowest BCUT2D eigenvalue weighted by Gasteiger charge is -2.18. The number of aryl methyl sites for hydroxylation is 1. The van der Waals surface area contributed by atoms with Gasteiger partial charge in [0.05, 0.1) is 18.1 Å². The summed E-state index contributed by atoms with van der Waals surface area (Å²) < 4.78 is 46.7. The monoisotopic (exact) mass is 464 g/mol. The first kappa shape index (κ1) is 22.8. The number of aromatic amines is 1. The maximum atomic E-state index is 14.1. The lowest BCUT2D eigenvalue weighted by Crippen LogP contribution is -2.28. The van der Waals surface area contributed by atoms with Crippen molar-refractivity contribution in [1.29, 1.82) is 0 Å². The third-order valence-electron chi connectivity index (χ3n) is 6.32. The van der Waals surface area contributed by atoms with Crippen LogP contribution in [0.15, 0.2) is 40.1 Å². The minimum Gasteiger partial charge on any atom is -0.490 e. The second-order valence-corrected chi connectivity index (χ2v) is 11.3. The van der Waals surface area contributed by atoms with Gasteiger partial charge in [-0.15, -0.1) is 0 Å². The highest BCUT2D eigenvalue weighted by Crippen LogP contribution is 2.50. The van der Waals surface area contributed by atoms with Gasteiger partial charge >= 0.3 is 5.69 Å². The predicted octanol–water partition coefficient (Wildman–Crippen LogP) is 2.78. The van der Waals surface area contributed by atoms with E-state index < -0.39 is 32.3 Å². The van der Waals surface area contributed by atoms with Gasteiger partial charge < -0.3 is 9.30 Å². The van der Waals surface area contributed by atoms with E-state index in [-0.39, 0.29) is 17.3 Å². The molecule has 1 N–H and O–H groups in total. The van der Waals surface area contributed by atoms with Crippen LogP contribution < -0.4 is 16.0 Å². The Balaban J connectivity index is 1.28. The summed E-state index contributed by atoms with van der Waals surface area (Å²) in [7, 11) is -3.27. The smallest absolute Gasteiger partial charge is 0.328 e. The van der Waals surface area contributed by atoms with Crippen LogP contribution in [0.3, 0.4) is 0 Å². The van der Waals surface area contributed by atoms with Gasteiger partial charge in [-0.25, -0.2) is 17.6 Å². The number of hydrogen-bond donors (Lipinski definition) is 1. The van der Waals surface area contributed by atoms with E-state index >= 15 is 0 Å². The van der Waals surface area contributed by atoms with E-state index in [1.807, 2.05) is 0 Å². The molecule has 7 nitrogen and oxygen atoms in total. The largest absolute Gasteiger partial charge is 0.490 e. The molecular formula is C23H29FN2O5S. The molecule has 32 heavy (non-hydrogen) atoms. The number of H-pyrrole nitrogens is 1. The van der Waals surface area contributed by atoms with Gasteiger partial charge in [0.2, 0.25) is 0 Å². The van der Waals surface area contributed by atoms with E-state index in [1.165, 1.54) is 22.9 Å². The van der Waals surface area contributed by atoms with E-state index in [4.69, 9.17) is 4.74 Å². The molecule has 2 saturated carbocycles.